The Bertz CT molecular complexity index is 218. The lowest BCUT2D eigenvalue weighted by atomic mass is 9.68. The molecule has 1 atom stereocenters. The van der Waals surface area contributed by atoms with E-state index in [4.69, 9.17) is 5.11 Å². The van der Waals surface area contributed by atoms with Gasteiger partial charge < -0.3 is 5.11 Å². The topological polar surface area (TPSA) is 54.4 Å². The number of aliphatic carboxylic acids is 1. The number of carboxylic acids is 1. The molecule has 0 amide bonds. The van der Waals surface area contributed by atoms with Crippen molar-refractivity contribution < 1.29 is 14.7 Å². The molecular weight excluding hydrogens is 156 g/mol. The van der Waals surface area contributed by atoms with Gasteiger partial charge in [-0.05, 0) is 11.8 Å². The van der Waals surface area contributed by atoms with E-state index in [-0.39, 0.29) is 17.6 Å². The Kier molecular flexibility index (Phi) is 2.22. The number of carbonyl (C=O) groups is 2. The van der Waals surface area contributed by atoms with Crippen LogP contribution in [-0.2, 0) is 9.59 Å². The predicted octanol–water partition coefficient (Wildman–Crippen LogP) is 1.47. The third-order valence-electron chi connectivity index (χ3n) is 2.72. The summed E-state index contributed by atoms with van der Waals surface area (Å²) in [5, 5.41) is 8.84. The summed E-state index contributed by atoms with van der Waals surface area (Å²) >= 11 is 0. The van der Waals surface area contributed by atoms with Gasteiger partial charge in [-0.1, -0.05) is 13.8 Å². The molecule has 0 radical (unpaired) electrons. The van der Waals surface area contributed by atoms with Crippen LogP contribution in [0.15, 0.2) is 0 Å². The average molecular weight is 170 g/mol. The number of carbonyl (C=O) groups excluding carboxylic acids is 1. The Morgan fingerprint density at radius 1 is 1.58 bits per heavy atom. The second-order valence-electron chi connectivity index (χ2n) is 4.12. The lowest BCUT2D eigenvalue weighted by molar-refractivity contribution is -0.150. The van der Waals surface area contributed by atoms with Gasteiger partial charge in [0.15, 0.2) is 0 Å². The van der Waals surface area contributed by atoms with Crippen molar-refractivity contribution in [1.82, 2.24) is 0 Å². The van der Waals surface area contributed by atoms with Crippen LogP contribution in [0.2, 0.25) is 0 Å². The van der Waals surface area contributed by atoms with Crippen LogP contribution in [0.5, 0.6) is 0 Å². The highest BCUT2D eigenvalue weighted by Crippen LogP contribution is 2.39. The van der Waals surface area contributed by atoms with E-state index in [0.717, 1.165) is 0 Å². The Labute approximate surface area is 71.8 Å². The predicted molar refractivity (Wildman–Crippen MR) is 43.8 cm³/mol. The smallest absolute Gasteiger partial charge is 0.307 e. The van der Waals surface area contributed by atoms with Crippen LogP contribution in [0.25, 0.3) is 0 Å². The molecule has 0 aromatic rings. The fourth-order valence-corrected chi connectivity index (χ4v) is 1.66. The molecule has 1 fully saturated rings. The van der Waals surface area contributed by atoms with Gasteiger partial charge in [-0.2, -0.15) is 0 Å². The zero-order chi connectivity index (χ0) is 9.35. The molecular formula is C9H14O3. The molecule has 0 saturated heterocycles. The van der Waals surface area contributed by atoms with Gasteiger partial charge in [0, 0.05) is 12.8 Å². The van der Waals surface area contributed by atoms with Crippen molar-refractivity contribution in [2.24, 2.45) is 11.3 Å². The van der Waals surface area contributed by atoms with E-state index in [2.05, 4.69) is 0 Å². The number of carboxylic acid groups (broad SMARTS) is 1. The Hall–Kier alpha value is -0.860. The highest BCUT2D eigenvalue weighted by Gasteiger charge is 2.40. The van der Waals surface area contributed by atoms with Crippen molar-refractivity contribution in [3.05, 3.63) is 0 Å². The van der Waals surface area contributed by atoms with Gasteiger partial charge >= 0.3 is 5.97 Å². The molecule has 0 spiro atoms. The first-order valence-electron chi connectivity index (χ1n) is 4.18. The van der Waals surface area contributed by atoms with Crippen LogP contribution < -0.4 is 0 Å². The van der Waals surface area contributed by atoms with E-state index in [1.807, 2.05) is 13.8 Å². The zero-order valence-electron chi connectivity index (χ0n) is 7.46. The monoisotopic (exact) mass is 170 g/mol. The minimum absolute atomic E-state index is 0.0849. The van der Waals surface area contributed by atoms with Gasteiger partial charge in [0.05, 0.1) is 5.92 Å². The standard InChI is InChI=1S/C9H14O3/c1-9(2)4-3-6(10)5-7(9)8(11)12/h7H,3-5H2,1-2H3,(H,11,12)/t7-/m0/s1. The van der Waals surface area contributed by atoms with Gasteiger partial charge in [0.25, 0.3) is 0 Å². The van der Waals surface area contributed by atoms with Crippen LogP contribution >= 0.6 is 0 Å². The van der Waals surface area contributed by atoms with Crippen molar-refractivity contribution in [3.63, 3.8) is 0 Å². The summed E-state index contributed by atoms with van der Waals surface area (Å²) in [6, 6.07) is 0. The number of hydrogen-bond donors (Lipinski definition) is 1. The lowest BCUT2D eigenvalue weighted by Crippen LogP contribution is -2.37. The lowest BCUT2D eigenvalue weighted by Gasteiger charge is -2.34. The third-order valence-corrected chi connectivity index (χ3v) is 2.72. The minimum Gasteiger partial charge on any atom is -0.481 e. The second-order valence-corrected chi connectivity index (χ2v) is 4.12. The SMILES string of the molecule is CC1(C)CCC(=O)C[C@H]1C(=O)O. The first-order chi connectivity index (χ1) is 5.43. The first kappa shape index (κ1) is 9.23. The average Bonchev–Trinajstić information content (AvgIpc) is 1.94. The maximum Gasteiger partial charge on any atom is 0.307 e. The maximum atomic E-state index is 11.0. The number of hydrogen-bond acceptors (Lipinski definition) is 2. The fraction of sp³-hybridized carbons (Fsp3) is 0.778. The van der Waals surface area contributed by atoms with Gasteiger partial charge in [-0.25, -0.2) is 0 Å². The molecule has 0 aromatic heterocycles. The molecule has 0 unspecified atom stereocenters. The van der Waals surface area contributed by atoms with E-state index >= 15 is 0 Å². The van der Waals surface area contributed by atoms with E-state index in [1.165, 1.54) is 0 Å². The van der Waals surface area contributed by atoms with E-state index in [9.17, 15) is 9.59 Å². The molecule has 0 bridgehead atoms. The molecule has 1 N–H and O–H groups in total. The molecule has 68 valence electrons. The summed E-state index contributed by atoms with van der Waals surface area (Å²) < 4.78 is 0. The normalized spacial score (nSPS) is 28.5. The van der Waals surface area contributed by atoms with Crippen molar-refractivity contribution in [2.75, 3.05) is 0 Å². The molecule has 1 aliphatic rings. The molecule has 3 nitrogen and oxygen atoms in total. The van der Waals surface area contributed by atoms with Gasteiger partial charge in [-0.15, -0.1) is 0 Å². The van der Waals surface area contributed by atoms with E-state index in [0.29, 0.717) is 12.8 Å². The van der Waals surface area contributed by atoms with Gasteiger partial charge in [0.2, 0.25) is 0 Å². The number of Topliss-reactive ketones (excluding diaryl/α,β-unsaturated/α-hetero) is 1. The van der Waals surface area contributed by atoms with E-state index in [1.54, 1.807) is 0 Å². The fourth-order valence-electron chi connectivity index (χ4n) is 1.66. The second kappa shape index (κ2) is 2.88. The summed E-state index contributed by atoms with van der Waals surface area (Å²) in [5.41, 5.74) is -0.222. The van der Waals surface area contributed by atoms with Crippen LogP contribution in [0.3, 0.4) is 0 Å². The molecule has 1 rings (SSSR count). The third kappa shape index (κ3) is 1.65. The van der Waals surface area contributed by atoms with Crippen LogP contribution in [0.4, 0.5) is 0 Å². The van der Waals surface area contributed by atoms with Crippen molar-refractivity contribution in [2.45, 2.75) is 33.1 Å². The van der Waals surface area contributed by atoms with Crippen molar-refractivity contribution in [1.29, 1.82) is 0 Å². The van der Waals surface area contributed by atoms with E-state index < -0.39 is 11.9 Å². The first-order valence-corrected chi connectivity index (χ1v) is 4.18. The van der Waals surface area contributed by atoms with Crippen molar-refractivity contribution in [3.8, 4) is 0 Å². The zero-order valence-corrected chi connectivity index (χ0v) is 7.46. The Morgan fingerprint density at radius 2 is 2.17 bits per heavy atom. The quantitative estimate of drug-likeness (QED) is 0.648. The van der Waals surface area contributed by atoms with Crippen LogP contribution in [0.1, 0.15) is 33.1 Å². The molecule has 0 heterocycles. The van der Waals surface area contributed by atoms with Gasteiger partial charge in [-0.3, -0.25) is 9.59 Å². The summed E-state index contributed by atoms with van der Waals surface area (Å²) in [6.45, 7) is 3.83. The highest BCUT2D eigenvalue weighted by atomic mass is 16.4. The molecule has 3 heteroatoms. The molecule has 0 aliphatic heterocycles. The number of ketones is 1. The summed E-state index contributed by atoms with van der Waals surface area (Å²) in [6.07, 6.45) is 1.45. The summed E-state index contributed by atoms with van der Waals surface area (Å²) in [7, 11) is 0. The molecule has 1 aliphatic carbocycles. The Balaban J connectivity index is 2.78. The highest BCUT2D eigenvalue weighted by molar-refractivity contribution is 5.85. The summed E-state index contributed by atoms with van der Waals surface area (Å²) in [4.78, 5) is 21.8. The molecule has 1 saturated carbocycles. The van der Waals surface area contributed by atoms with Crippen LogP contribution in [0, 0.1) is 11.3 Å². The van der Waals surface area contributed by atoms with Crippen LogP contribution in [-0.4, -0.2) is 16.9 Å². The van der Waals surface area contributed by atoms with Crippen molar-refractivity contribution >= 4 is 11.8 Å². The largest absolute Gasteiger partial charge is 0.481 e. The maximum absolute atomic E-state index is 11.0. The number of rotatable bonds is 1. The van der Waals surface area contributed by atoms with Gasteiger partial charge in [0.1, 0.15) is 5.78 Å². The molecule has 0 aromatic carbocycles. The summed E-state index contributed by atoms with van der Waals surface area (Å²) in [5.74, 6) is -1.24. The molecule has 12 heavy (non-hydrogen) atoms. The minimum atomic E-state index is -0.840. The Morgan fingerprint density at radius 3 is 2.58 bits per heavy atom.